The van der Waals surface area contributed by atoms with Crippen LogP contribution in [0.15, 0.2) is 30.3 Å². The number of amidine groups is 1. The van der Waals surface area contributed by atoms with E-state index in [1.165, 1.54) is 12.1 Å². The second kappa shape index (κ2) is 8.14. The molecule has 0 spiro atoms. The van der Waals surface area contributed by atoms with Gasteiger partial charge in [-0.1, -0.05) is 47.6 Å². The van der Waals surface area contributed by atoms with Crippen LogP contribution in [0.4, 0.5) is 4.39 Å². The van der Waals surface area contributed by atoms with Crippen LogP contribution < -0.4 is 0 Å². The Kier molecular flexibility index (Phi) is 6.53. The molecule has 30 heavy (non-hydrogen) atoms. The number of nitrogens with zero attached hydrogens (tertiary/aromatic N) is 1. The van der Waals surface area contributed by atoms with Gasteiger partial charge in [0, 0.05) is 28.8 Å². The van der Waals surface area contributed by atoms with Gasteiger partial charge >= 0.3 is 0 Å². The van der Waals surface area contributed by atoms with Crippen LogP contribution in [-0.2, 0) is 17.4 Å². The molecule has 2 N–H and O–H groups in total. The lowest BCUT2D eigenvalue weighted by atomic mass is 9.78. The third-order valence-electron chi connectivity index (χ3n) is 5.39. The van der Waals surface area contributed by atoms with E-state index in [-0.39, 0.29) is 57.5 Å². The quantitative estimate of drug-likeness (QED) is 0.556. The largest absolute Gasteiger partial charge is 0.507 e. The molecular formula is C24H30BrFN2O2. The Hall–Kier alpha value is -2.21. The normalized spacial score (nSPS) is 13.8. The van der Waals surface area contributed by atoms with Gasteiger partial charge in [0.05, 0.1) is 6.54 Å². The SMILES string of the molecule is Br.CC(C)(C)c1cc(C(=O)CN2Cc3ccc(F)cc3C2=N)cc(C(C)(C)C)c1O. The van der Waals surface area contributed by atoms with Gasteiger partial charge in [0.25, 0.3) is 0 Å². The Morgan fingerprint density at radius 2 is 1.60 bits per heavy atom. The van der Waals surface area contributed by atoms with E-state index in [9.17, 15) is 14.3 Å². The van der Waals surface area contributed by atoms with Crippen molar-refractivity contribution < 1.29 is 14.3 Å². The fraction of sp³-hybridized carbons (Fsp3) is 0.417. The molecule has 2 aromatic rings. The second-order valence-electron chi connectivity index (χ2n) is 9.85. The molecule has 3 rings (SSSR count). The number of nitrogens with one attached hydrogen (secondary N) is 1. The van der Waals surface area contributed by atoms with Gasteiger partial charge in [-0.3, -0.25) is 10.2 Å². The summed E-state index contributed by atoms with van der Waals surface area (Å²) in [7, 11) is 0. The van der Waals surface area contributed by atoms with E-state index in [0.29, 0.717) is 17.7 Å². The smallest absolute Gasteiger partial charge is 0.182 e. The number of aromatic hydroxyl groups is 1. The van der Waals surface area contributed by atoms with Gasteiger partial charge in [-0.05, 0) is 40.7 Å². The number of rotatable bonds is 3. The molecule has 0 amide bonds. The standard InChI is InChI=1S/C24H29FN2O2.BrH/c1-23(2,3)18-9-15(10-19(21(18)29)24(4,5)6)20(28)13-27-12-14-7-8-16(25)11-17(14)22(27)26;/h7-11,26,29H,12-13H2,1-6H3;1H. The molecule has 0 unspecified atom stereocenters. The number of carbonyl (C=O) groups excluding carboxylic acids is 1. The van der Waals surface area contributed by atoms with Crippen molar-refractivity contribution in [2.75, 3.05) is 6.54 Å². The van der Waals surface area contributed by atoms with E-state index < -0.39 is 0 Å². The number of halogens is 2. The van der Waals surface area contributed by atoms with Crippen LogP contribution in [0.1, 0.15) is 74.2 Å². The van der Waals surface area contributed by atoms with Gasteiger partial charge < -0.3 is 10.0 Å². The molecule has 0 aliphatic carbocycles. The third kappa shape index (κ3) is 4.59. The molecule has 0 atom stereocenters. The van der Waals surface area contributed by atoms with Crippen LogP contribution in [0.25, 0.3) is 0 Å². The zero-order chi connectivity index (χ0) is 21.7. The summed E-state index contributed by atoms with van der Waals surface area (Å²) in [4.78, 5) is 14.8. The number of hydrogen-bond donors (Lipinski definition) is 2. The summed E-state index contributed by atoms with van der Waals surface area (Å²) in [6, 6.07) is 7.92. The highest BCUT2D eigenvalue weighted by Crippen LogP contribution is 2.40. The highest BCUT2D eigenvalue weighted by atomic mass is 79.9. The lowest BCUT2D eigenvalue weighted by Gasteiger charge is -2.28. The molecule has 1 aliphatic heterocycles. The Balaban J connectivity index is 0.00000320. The first kappa shape index (κ1) is 24.1. The van der Waals surface area contributed by atoms with E-state index in [2.05, 4.69) is 0 Å². The molecular weight excluding hydrogens is 447 g/mol. The van der Waals surface area contributed by atoms with E-state index in [1.54, 1.807) is 23.1 Å². The number of phenols is 1. The minimum atomic E-state index is -0.384. The predicted octanol–water partition coefficient (Wildman–Crippen LogP) is 5.73. The fourth-order valence-electron chi connectivity index (χ4n) is 3.70. The zero-order valence-corrected chi connectivity index (χ0v) is 20.1. The van der Waals surface area contributed by atoms with Gasteiger partial charge in [0.1, 0.15) is 17.4 Å². The molecule has 0 aromatic heterocycles. The summed E-state index contributed by atoms with van der Waals surface area (Å²) in [5.41, 5.74) is 2.72. The van der Waals surface area contributed by atoms with Crippen molar-refractivity contribution in [3.63, 3.8) is 0 Å². The van der Waals surface area contributed by atoms with Crippen molar-refractivity contribution in [1.29, 1.82) is 5.41 Å². The number of phenolic OH excluding ortho intramolecular Hbond substituents is 1. The van der Waals surface area contributed by atoms with E-state index in [0.717, 1.165) is 16.7 Å². The Bertz CT molecular complexity index is 968. The summed E-state index contributed by atoms with van der Waals surface area (Å²) in [5, 5.41) is 19.2. The zero-order valence-electron chi connectivity index (χ0n) is 18.4. The van der Waals surface area contributed by atoms with Crippen LogP contribution in [-0.4, -0.2) is 28.2 Å². The maximum atomic E-state index is 13.5. The lowest BCUT2D eigenvalue weighted by Crippen LogP contribution is -2.30. The molecule has 0 fully saturated rings. The van der Waals surface area contributed by atoms with E-state index in [4.69, 9.17) is 5.41 Å². The summed E-state index contributed by atoms with van der Waals surface area (Å²) in [5.74, 6) is -0.110. The predicted molar refractivity (Wildman–Crippen MR) is 124 cm³/mol. The Morgan fingerprint density at radius 1 is 1.07 bits per heavy atom. The first-order valence-electron chi connectivity index (χ1n) is 9.82. The van der Waals surface area contributed by atoms with Crippen LogP contribution in [0.2, 0.25) is 0 Å². The van der Waals surface area contributed by atoms with Crippen LogP contribution in [0, 0.1) is 11.2 Å². The maximum Gasteiger partial charge on any atom is 0.182 e. The molecule has 6 heteroatoms. The minimum Gasteiger partial charge on any atom is -0.507 e. The Labute approximate surface area is 188 Å². The molecule has 0 radical (unpaired) electrons. The summed E-state index contributed by atoms with van der Waals surface area (Å²) >= 11 is 0. The molecule has 1 aliphatic rings. The number of hydrogen-bond acceptors (Lipinski definition) is 3. The second-order valence-corrected chi connectivity index (χ2v) is 9.85. The van der Waals surface area contributed by atoms with Crippen molar-refractivity contribution in [1.82, 2.24) is 4.90 Å². The van der Waals surface area contributed by atoms with E-state index >= 15 is 0 Å². The van der Waals surface area contributed by atoms with Gasteiger partial charge in [0.15, 0.2) is 5.78 Å². The van der Waals surface area contributed by atoms with Crippen LogP contribution in [0.3, 0.4) is 0 Å². The maximum absolute atomic E-state index is 13.5. The van der Waals surface area contributed by atoms with Gasteiger partial charge in [-0.15, -0.1) is 17.0 Å². The minimum absolute atomic E-state index is 0. The number of benzene rings is 2. The highest BCUT2D eigenvalue weighted by molar-refractivity contribution is 8.93. The number of Topliss-reactive ketones (excluding diaryl/α,β-unsaturated/α-hetero) is 1. The first-order chi connectivity index (χ1) is 13.3. The van der Waals surface area contributed by atoms with Gasteiger partial charge in [-0.25, -0.2) is 4.39 Å². The summed E-state index contributed by atoms with van der Waals surface area (Å²) < 4.78 is 13.5. The van der Waals surface area contributed by atoms with Crippen LogP contribution >= 0.6 is 17.0 Å². The number of fused-ring (bicyclic) bond motifs is 1. The summed E-state index contributed by atoms with van der Waals surface area (Å²) in [6.07, 6.45) is 0. The van der Waals surface area contributed by atoms with Gasteiger partial charge in [0.2, 0.25) is 0 Å². The molecule has 162 valence electrons. The molecule has 1 heterocycles. The molecule has 0 bridgehead atoms. The van der Waals surface area contributed by atoms with E-state index in [1.807, 2.05) is 41.5 Å². The fourth-order valence-corrected chi connectivity index (χ4v) is 3.70. The molecule has 0 saturated heterocycles. The molecule has 2 aromatic carbocycles. The van der Waals surface area contributed by atoms with Crippen molar-refractivity contribution in [3.8, 4) is 5.75 Å². The number of carbonyl (C=O) groups is 1. The van der Waals surface area contributed by atoms with Crippen LogP contribution in [0.5, 0.6) is 5.75 Å². The first-order valence-corrected chi connectivity index (χ1v) is 9.82. The van der Waals surface area contributed by atoms with Crippen molar-refractivity contribution in [2.24, 2.45) is 0 Å². The Morgan fingerprint density at radius 3 is 2.10 bits per heavy atom. The lowest BCUT2D eigenvalue weighted by molar-refractivity contribution is 0.0962. The average molecular weight is 477 g/mol. The van der Waals surface area contributed by atoms with Crippen molar-refractivity contribution in [2.45, 2.75) is 58.9 Å². The highest BCUT2D eigenvalue weighted by Gasteiger charge is 2.30. The van der Waals surface area contributed by atoms with Gasteiger partial charge in [-0.2, -0.15) is 0 Å². The number of ketones is 1. The summed E-state index contributed by atoms with van der Waals surface area (Å²) in [6.45, 7) is 12.5. The molecule has 4 nitrogen and oxygen atoms in total. The van der Waals surface area contributed by atoms with Crippen molar-refractivity contribution in [3.05, 3.63) is 64.0 Å². The topological polar surface area (TPSA) is 64.4 Å². The van der Waals surface area contributed by atoms with Crippen molar-refractivity contribution >= 4 is 28.6 Å². The molecule has 0 saturated carbocycles. The third-order valence-corrected chi connectivity index (χ3v) is 5.39. The monoisotopic (exact) mass is 476 g/mol. The average Bonchev–Trinajstić information content (AvgIpc) is 2.88.